The van der Waals surface area contributed by atoms with Crippen molar-refractivity contribution >= 4 is 41.2 Å². The number of carbonyl (C=O) groups excluding carboxylic acids is 1. The average molecular weight is 484 g/mol. The van der Waals surface area contributed by atoms with Crippen molar-refractivity contribution in [1.82, 2.24) is 20.2 Å². The molecule has 0 atom stereocenters. The number of benzene rings is 1. The highest BCUT2D eigenvalue weighted by atomic mass is 32.2. The van der Waals surface area contributed by atoms with Gasteiger partial charge in [0, 0.05) is 41.9 Å². The Morgan fingerprint density at radius 1 is 1.21 bits per heavy atom. The number of aromatic amines is 1. The van der Waals surface area contributed by atoms with E-state index in [1.54, 1.807) is 0 Å². The lowest BCUT2D eigenvalue weighted by atomic mass is 9.91. The Balaban J connectivity index is 0.000000636. The molecule has 3 heterocycles. The minimum absolute atomic E-state index is 0.222. The second kappa shape index (κ2) is 10.4. The van der Waals surface area contributed by atoms with Crippen LogP contribution in [0.2, 0.25) is 0 Å². The molecule has 8 nitrogen and oxygen atoms in total. The van der Waals surface area contributed by atoms with Gasteiger partial charge in [0.25, 0.3) is 0 Å². The van der Waals surface area contributed by atoms with E-state index in [2.05, 4.69) is 25.8 Å². The van der Waals surface area contributed by atoms with Crippen molar-refractivity contribution < 1.29 is 9.18 Å². The molecule has 3 N–H and O–H groups in total. The van der Waals surface area contributed by atoms with Crippen LogP contribution in [0.4, 0.5) is 27.5 Å². The number of nitrogens with one attached hydrogen (secondary N) is 3. The molecule has 5 rings (SSSR count). The molecule has 1 aliphatic carbocycles. The lowest BCUT2D eigenvalue weighted by Crippen LogP contribution is -2.60. The SMILES string of the molecule is CCC=O.CNc1ccc(Sc2nc(Nc3cc(C)[nH]n3)cc(N3CC(F)(C4CC4)C3)n2)cc1. The van der Waals surface area contributed by atoms with Crippen LogP contribution in [0.3, 0.4) is 0 Å². The summed E-state index contributed by atoms with van der Waals surface area (Å²) in [6, 6.07) is 11.9. The zero-order valence-corrected chi connectivity index (χ0v) is 20.5. The van der Waals surface area contributed by atoms with Crippen LogP contribution < -0.4 is 15.5 Å². The van der Waals surface area contributed by atoms with E-state index < -0.39 is 5.67 Å². The molecule has 2 aromatic heterocycles. The number of H-pyrrole nitrogens is 1. The first kappa shape index (κ1) is 24.0. The number of alkyl halides is 1. The maximum absolute atomic E-state index is 14.9. The number of hydrogen-bond acceptors (Lipinski definition) is 8. The van der Waals surface area contributed by atoms with E-state index in [-0.39, 0.29) is 5.92 Å². The molecule has 3 aromatic rings. The van der Waals surface area contributed by atoms with Gasteiger partial charge in [-0.3, -0.25) is 5.10 Å². The van der Waals surface area contributed by atoms with E-state index >= 15 is 0 Å². The summed E-state index contributed by atoms with van der Waals surface area (Å²) in [5.74, 6) is 2.29. The molecule has 1 aliphatic heterocycles. The Kier molecular flexibility index (Phi) is 7.35. The van der Waals surface area contributed by atoms with Gasteiger partial charge in [-0.15, -0.1) is 0 Å². The fourth-order valence-electron chi connectivity index (χ4n) is 3.70. The van der Waals surface area contributed by atoms with Gasteiger partial charge in [-0.1, -0.05) is 6.92 Å². The molecule has 1 aromatic carbocycles. The average Bonchev–Trinajstić information content (AvgIpc) is 3.60. The number of anilines is 4. The van der Waals surface area contributed by atoms with E-state index in [9.17, 15) is 9.18 Å². The minimum Gasteiger partial charge on any atom is -0.388 e. The van der Waals surface area contributed by atoms with Crippen LogP contribution in [0.5, 0.6) is 0 Å². The van der Waals surface area contributed by atoms with Gasteiger partial charge >= 0.3 is 0 Å². The van der Waals surface area contributed by atoms with Crippen molar-refractivity contribution in [1.29, 1.82) is 0 Å². The standard InChI is InChI=1S/C21H24FN7S.C3H6O/c1-13-9-18(28-27-13)24-17-10-19(29-11-21(22,12-29)14-3-4-14)26-20(25-17)30-16-7-5-15(23-2)6-8-16;1-2-3-4/h5-10,14,23H,3-4,11-12H2,1-2H3,(H2,24,25,26,27,28);3H,2H2,1H3. The van der Waals surface area contributed by atoms with E-state index in [1.807, 2.05) is 62.2 Å². The van der Waals surface area contributed by atoms with Crippen molar-refractivity contribution in [2.24, 2.45) is 5.92 Å². The molecule has 0 amide bonds. The molecule has 10 heteroatoms. The molecule has 34 heavy (non-hydrogen) atoms. The number of carbonyl (C=O) groups is 1. The van der Waals surface area contributed by atoms with Gasteiger partial charge in [0.15, 0.2) is 11.0 Å². The lowest BCUT2D eigenvalue weighted by Gasteiger charge is -2.45. The highest BCUT2D eigenvalue weighted by Gasteiger charge is 2.54. The highest BCUT2D eigenvalue weighted by molar-refractivity contribution is 7.99. The van der Waals surface area contributed by atoms with E-state index in [0.717, 1.165) is 41.2 Å². The maximum atomic E-state index is 14.9. The second-order valence-electron chi connectivity index (χ2n) is 8.57. The van der Waals surface area contributed by atoms with Crippen LogP contribution in [0, 0.1) is 12.8 Å². The molecule has 2 fully saturated rings. The third-order valence-corrected chi connectivity index (χ3v) is 6.59. The fraction of sp³-hybridized carbons (Fsp3) is 0.417. The third-order valence-electron chi connectivity index (χ3n) is 5.71. The Bertz CT molecular complexity index is 1110. The Labute approximate surface area is 203 Å². The summed E-state index contributed by atoms with van der Waals surface area (Å²) in [5.41, 5.74) is 0.944. The van der Waals surface area contributed by atoms with Crippen molar-refractivity contribution in [2.75, 3.05) is 35.7 Å². The van der Waals surface area contributed by atoms with Crippen molar-refractivity contribution in [2.45, 2.75) is 48.8 Å². The summed E-state index contributed by atoms with van der Waals surface area (Å²) in [7, 11) is 1.89. The first-order valence-corrected chi connectivity index (χ1v) is 12.3. The normalized spacial score (nSPS) is 16.2. The number of halogens is 1. The Morgan fingerprint density at radius 3 is 2.47 bits per heavy atom. The molecular formula is C24H30FN7OS. The van der Waals surface area contributed by atoms with Crippen LogP contribution in [0.15, 0.2) is 46.5 Å². The first-order valence-electron chi connectivity index (χ1n) is 11.4. The number of nitrogens with zero attached hydrogens (tertiary/aromatic N) is 4. The van der Waals surface area contributed by atoms with Crippen molar-refractivity contribution in [3.63, 3.8) is 0 Å². The van der Waals surface area contributed by atoms with E-state index in [0.29, 0.717) is 36.3 Å². The van der Waals surface area contributed by atoms with Crippen LogP contribution in [0.25, 0.3) is 0 Å². The topological polar surface area (TPSA) is 98.8 Å². The van der Waals surface area contributed by atoms with Gasteiger partial charge in [0.2, 0.25) is 0 Å². The Hall–Kier alpha value is -3.14. The largest absolute Gasteiger partial charge is 0.388 e. The summed E-state index contributed by atoms with van der Waals surface area (Å²) >= 11 is 1.48. The fourth-order valence-corrected chi connectivity index (χ4v) is 4.47. The summed E-state index contributed by atoms with van der Waals surface area (Å²) in [6.07, 6.45) is 3.52. The predicted octanol–water partition coefficient (Wildman–Crippen LogP) is 4.98. The number of hydrogen-bond donors (Lipinski definition) is 3. The van der Waals surface area contributed by atoms with Gasteiger partial charge in [0.1, 0.15) is 23.6 Å². The number of aryl methyl sites for hydroxylation is 1. The summed E-state index contributed by atoms with van der Waals surface area (Å²) < 4.78 is 14.9. The summed E-state index contributed by atoms with van der Waals surface area (Å²) in [4.78, 5) is 21.6. The monoisotopic (exact) mass is 483 g/mol. The number of rotatable bonds is 8. The molecule has 0 radical (unpaired) electrons. The first-order chi connectivity index (χ1) is 16.4. The Morgan fingerprint density at radius 2 is 1.91 bits per heavy atom. The molecule has 1 saturated heterocycles. The third kappa shape index (κ3) is 5.85. The second-order valence-corrected chi connectivity index (χ2v) is 9.61. The van der Waals surface area contributed by atoms with Gasteiger partial charge in [-0.05, 0) is 61.7 Å². The quantitative estimate of drug-likeness (QED) is 0.305. The molecule has 1 saturated carbocycles. The molecule has 2 aliphatic rings. The van der Waals surface area contributed by atoms with Crippen molar-refractivity contribution in [3.8, 4) is 0 Å². The van der Waals surface area contributed by atoms with E-state index in [1.165, 1.54) is 11.8 Å². The van der Waals surface area contributed by atoms with Crippen LogP contribution in [-0.2, 0) is 4.79 Å². The maximum Gasteiger partial charge on any atom is 0.196 e. The van der Waals surface area contributed by atoms with Gasteiger partial charge in [-0.2, -0.15) is 5.10 Å². The van der Waals surface area contributed by atoms with Crippen LogP contribution >= 0.6 is 11.8 Å². The van der Waals surface area contributed by atoms with Crippen LogP contribution in [0.1, 0.15) is 31.9 Å². The molecule has 0 spiro atoms. The summed E-state index contributed by atoms with van der Waals surface area (Å²) in [6.45, 7) is 4.55. The van der Waals surface area contributed by atoms with Gasteiger partial charge in [-0.25, -0.2) is 14.4 Å². The molecule has 0 unspecified atom stereocenters. The highest BCUT2D eigenvalue weighted by Crippen LogP contribution is 2.48. The molecule has 0 bridgehead atoms. The molecule has 180 valence electrons. The zero-order chi connectivity index (χ0) is 24.1. The van der Waals surface area contributed by atoms with Gasteiger partial charge < -0.3 is 20.3 Å². The van der Waals surface area contributed by atoms with Crippen LogP contribution in [-0.4, -0.2) is 52.3 Å². The molecular weight excluding hydrogens is 453 g/mol. The number of aromatic nitrogens is 4. The van der Waals surface area contributed by atoms with Gasteiger partial charge in [0.05, 0.1) is 13.1 Å². The predicted molar refractivity (Wildman–Crippen MR) is 134 cm³/mol. The van der Waals surface area contributed by atoms with E-state index in [4.69, 9.17) is 4.98 Å². The number of aldehydes is 1. The summed E-state index contributed by atoms with van der Waals surface area (Å²) in [5, 5.41) is 14.1. The minimum atomic E-state index is -1.06. The smallest absolute Gasteiger partial charge is 0.196 e. The lowest BCUT2D eigenvalue weighted by molar-refractivity contribution is -0.107. The van der Waals surface area contributed by atoms with Crippen molar-refractivity contribution in [3.05, 3.63) is 42.1 Å². The zero-order valence-electron chi connectivity index (χ0n) is 19.6.